The lowest BCUT2D eigenvalue weighted by Crippen LogP contribution is -2.71. The number of nitrogens with two attached hydrogens (primary N) is 1. The molecular formula is C13H21F3N2O4S. The van der Waals surface area contributed by atoms with E-state index in [1.807, 2.05) is 0 Å². The summed E-state index contributed by atoms with van der Waals surface area (Å²) in [6, 6.07) is -1.31. The van der Waals surface area contributed by atoms with Crippen molar-refractivity contribution < 1.29 is 32.4 Å². The normalized spacial score (nSPS) is 32.8. The van der Waals surface area contributed by atoms with Crippen LogP contribution in [-0.4, -0.2) is 49.7 Å². The van der Waals surface area contributed by atoms with Crippen LogP contribution in [0.5, 0.6) is 0 Å². The largest absolute Gasteiger partial charge is 0.480 e. The Kier molecular flexibility index (Phi) is 4.49. The van der Waals surface area contributed by atoms with E-state index in [-0.39, 0.29) is 12.3 Å². The summed E-state index contributed by atoms with van der Waals surface area (Å²) in [5.74, 6) is -2.11. The number of halogens is 3. The molecule has 0 radical (unpaired) electrons. The fourth-order valence-electron chi connectivity index (χ4n) is 3.55. The van der Waals surface area contributed by atoms with Crippen LogP contribution >= 0.6 is 0 Å². The molecular weight excluding hydrogens is 337 g/mol. The minimum atomic E-state index is -4.84. The molecule has 0 heterocycles. The summed E-state index contributed by atoms with van der Waals surface area (Å²) in [5, 5.41) is 18.9. The van der Waals surface area contributed by atoms with Crippen LogP contribution in [0.2, 0.25) is 0 Å². The van der Waals surface area contributed by atoms with Gasteiger partial charge in [-0.3, -0.25) is 9.57 Å². The molecule has 0 aromatic heterocycles. The molecule has 0 amide bonds. The fourth-order valence-corrected chi connectivity index (χ4v) is 5.01. The van der Waals surface area contributed by atoms with E-state index < -0.39 is 56.9 Å². The van der Waals surface area contributed by atoms with Crippen molar-refractivity contribution in [3.05, 3.63) is 0 Å². The van der Waals surface area contributed by atoms with Gasteiger partial charge < -0.3 is 15.9 Å². The number of aliphatic carboxylic acids is 1. The second-order valence-electron chi connectivity index (χ2n) is 6.82. The van der Waals surface area contributed by atoms with Crippen LogP contribution in [-0.2, 0) is 14.5 Å². The monoisotopic (exact) mass is 358 g/mol. The van der Waals surface area contributed by atoms with E-state index in [4.69, 9.17) is 15.6 Å². The van der Waals surface area contributed by atoms with Gasteiger partial charge in [-0.1, -0.05) is 0 Å². The number of hydrogen-bond acceptors (Lipinski definition) is 5. The van der Waals surface area contributed by atoms with Crippen LogP contribution in [0.1, 0.15) is 32.1 Å². The van der Waals surface area contributed by atoms with Crippen LogP contribution in [0.4, 0.5) is 13.2 Å². The predicted octanol–water partition coefficient (Wildman–Crippen LogP) is 1.32. The van der Waals surface area contributed by atoms with Crippen LogP contribution in [0.3, 0.4) is 0 Å². The predicted molar refractivity (Wildman–Crippen MR) is 76.2 cm³/mol. The highest BCUT2D eigenvalue weighted by Gasteiger charge is 2.75. The SMILES string of the molecule is N=S(=O)(CC[C@H](N)C(=O)O)CCC(O)(C(F)(F)F)C12CC(C1)C2. The Bertz CT molecular complexity index is 575. The average Bonchev–Trinajstić information content (AvgIpc) is 2.28. The summed E-state index contributed by atoms with van der Waals surface area (Å²) in [6.07, 6.45) is -4.96. The van der Waals surface area contributed by atoms with Crippen molar-refractivity contribution in [1.82, 2.24) is 0 Å². The average molecular weight is 358 g/mol. The highest BCUT2D eigenvalue weighted by atomic mass is 32.2. The number of aliphatic hydroxyl groups is 1. The van der Waals surface area contributed by atoms with Crippen molar-refractivity contribution in [3.63, 3.8) is 0 Å². The van der Waals surface area contributed by atoms with Gasteiger partial charge in [-0.05, 0) is 38.0 Å². The van der Waals surface area contributed by atoms with Crippen molar-refractivity contribution in [2.75, 3.05) is 11.5 Å². The third-order valence-corrected chi connectivity index (χ3v) is 7.01. The first kappa shape index (κ1) is 18.5. The molecule has 0 spiro atoms. The molecule has 0 aliphatic heterocycles. The molecule has 23 heavy (non-hydrogen) atoms. The number of carbonyl (C=O) groups is 1. The van der Waals surface area contributed by atoms with Gasteiger partial charge in [0.1, 0.15) is 6.04 Å². The van der Waals surface area contributed by atoms with Crippen molar-refractivity contribution >= 4 is 15.7 Å². The zero-order chi connectivity index (χ0) is 17.7. The van der Waals surface area contributed by atoms with Crippen molar-refractivity contribution in [2.45, 2.75) is 49.9 Å². The zero-order valence-electron chi connectivity index (χ0n) is 12.4. The van der Waals surface area contributed by atoms with Gasteiger partial charge in [-0.15, -0.1) is 0 Å². The molecule has 0 aromatic carbocycles. The van der Waals surface area contributed by atoms with Crippen molar-refractivity contribution in [3.8, 4) is 0 Å². The standard InChI is InChI=1S/C13H21F3N2O4S/c14-13(15,16)12(21,11-5-8(6-11)7-11)2-4-23(18,22)3-1-9(17)10(19)20/h8-9,18,21H,1-7,17H2,(H,19,20)/t8?,9-,11?,12?,23?/m0/s1. The number of nitrogens with one attached hydrogen (secondary N) is 1. The zero-order valence-corrected chi connectivity index (χ0v) is 13.3. The molecule has 5 N–H and O–H groups in total. The molecule has 3 rings (SSSR count). The van der Waals surface area contributed by atoms with Crippen LogP contribution in [0.25, 0.3) is 0 Å². The Morgan fingerprint density at radius 3 is 2.22 bits per heavy atom. The van der Waals surface area contributed by atoms with E-state index in [9.17, 15) is 27.3 Å². The lowest BCUT2D eigenvalue weighted by molar-refractivity contribution is -0.359. The van der Waals surface area contributed by atoms with Gasteiger partial charge in [-0.2, -0.15) is 13.2 Å². The van der Waals surface area contributed by atoms with E-state index in [2.05, 4.69) is 0 Å². The van der Waals surface area contributed by atoms with Crippen LogP contribution < -0.4 is 5.73 Å². The van der Waals surface area contributed by atoms with Gasteiger partial charge >= 0.3 is 12.1 Å². The lowest BCUT2D eigenvalue weighted by atomic mass is 9.38. The van der Waals surface area contributed by atoms with E-state index >= 15 is 0 Å². The number of alkyl halides is 3. The second-order valence-corrected chi connectivity index (χ2v) is 9.26. The van der Waals surface area contributed by atoms with E-state index in [0.717, 1.165) is 0 Å². The Labute approximate surface area is 132 Å². The Hall–Kier alpha value is -0.870. The third-order valence-electron chi connectivity index (χ3n) is 5.25. The van der Waals surface area contributed by atoms with Gasteiger partial charge in [-0.25, -0.2) is 4.21 Å². The third kappa shape index (κ3) is 3.20. The quantitative estimate of drug-likeness (QED) is 0.521. The van der Waals surface area contributed by atoms with E-state index in [0.29, 0.717) is 19.3 Å². The van der Waals surface area contributed by atoms with Crippen LogP contribution in [0, 0.1) is 16.1 Å². The highest BCUT2D eigenvalue weighted by molar-refractivity contribution is 7.92. The molecule has 3 saturated carbocycles. The van der Waals surface area contributed by atoms with Crippen LogP contribution in [0.15, 0.2) is 0 Å². The molecule has 3 aliphatic rings. The van der Waals surface area contributed by atoms with Gasteiger partial charge in [0, 0.05) is 26.6 Å². The van der Waals surface area contributed by atoms with Gasteiger partial charge in [0.05, 0.1) is 0 Å². The summed E-state index contributed by atoms with van der Waals surface area (Å²) in [4.78, 5) is 10.6. The topological polar surface area (TPSA) is 124 Å². The van der Waals surface area contributed by atoms with E-state index in [1.54, 1.807) is 0 Å². The molecule has 3 atom stereocenters. The lowest BCUT2D eigenvalue weighted by Gasteiger charge is -2.68. The van der Waals surface area contributed by atoms with E-state index in [1.165, 1.54) is 0 Å². The van der Waals surface area contributed by atoms with Gasteiger partial charge in [0.25, 0.3) is 0 Å². The highest BCUT2D eigenvalue weighted by Crippen LogP contribution is 2.72. The van der Waals surface area contributed by atoms with Gasteiger partial charge in [0.15, 0.2) is 5.60 Å². The molecule has 3 aliphatic carbocycles. The molecule has 0 aromatic rings. The summed E-state index contributed by atoms with van der Waals surface area (Å²) in [7, 11) is -3.43. The second kappa shape index (κ2) is 5.59. The first-order valence-electron chi connectivity index (χ1n) is 7.34. The summed E-state index contributed by atoms with van der Waals surface area (Å²) < 4.78 is 59.7. The van der Waals surface area contributed by atoms with Crippen molar-refractivity contribution in [2.24, 2.45) is 17.1 Å². The summed E-state index contributed by atoms with van der Waals surface area (Å²) in [5.41, 5.74) is 1.13. The molecule has 2 bridgehead atoms. The molecule has 134 valence electrons. The Morgan fingerprint density at radius 1 is 1.35 bits per heavy atom. The first-order chi connectivity index (χ1) is 10.3. The smallest absolute Gasteiger partial charge is 0.417 e. The minimum absolute atomic E-state index is 0.234. The van der Waals surface area contributed by atoms with Gasteiger partial charge in [0.2, 0.25) is 0 Å². The molecule has 0 saturated heterocycles. The Balaban J connectivity index is 2.00. The number of carboxylic acid groups (broad SMARTS) is 1. The molecule has 10 heteroatoms. The molecule has 6 nitrogen and oxygen atoms in total. The Morgan fingerprint density at radius 2 is 1.87 bits per heavy atom. The van der Waals surface area contributed by atoms with Crippen molar-refractivity contribution in [1.29, 1.82) is 4.78 Å². The summed E-state index contributed by atoms with van der Waals surface area (Å²) >= 11 is 0. The number of carboxylic acids is 1. The minimum Gasteiger partial charge on any atom is -0.480 e. The maximum atomic E-state index is 13.3. The summed E-state index contributed by atoms with van der Waals surface area (Å²) in [6.45, 7) is 0. The molecule has 3 fully saturated rings. The number of hydrogen-bond donors (Lipinski definition) is 4. The molecule has 2 unspecified atom stereocenters. The maximum absolute atomic E-state index is 13.3. The fraction of sp³-hybridized carbons (Fsp3) is 0.923. The first-order valence-corrected chi connectivity index (χ1v) is 9.23. The maximum Gasteiger partial charge on any atom is 0.417 e. The number of rotatable bonds is 8.